The topological polar surface area (TPSA) is 15.4 Å². The van der Waals surface area contributed by atoms with Crippen molar-refractivity contribution in [3.63, 3.8) is 0 Å². The predicted molar refractivity (Wildman–Crippen MR) is 94.5 cm³/mol. The second-order valence-corrected chi connectivity index (χ2v) is 6.06. The number of benzene rings is 3. The molecule has 0 spiro atoms. The van der Waals surface area contributed by atoms with E-state index in [0.29, 0.717) is 12.1 Å². The molecule has 0 amide bonds. The summed E-state index contributed by atoms with van der Waals surface area (Å²) in [5.74, 6) is 0. The summed E-state index contributed by atoms with van der Waals surface area (Å²) in [4.78, 5) is 7.48. The molecule has 0 aliphatic carbocycles. The number of anilines is 1. The molecule has 2 nitrogen and oxygen atoms in total. The fraction of sp³-hybridized carbons (Fsp3) is 0.0952. The van der Waals surface area contributed by atoms with Crippen LogP contribution >= 0.6 is 0 Å². The van der Waals surface area contributed by atoms with Crippen molar-refractivity contribution in [1.82, 2.24) is 0 Å². The van der Waals surface area contributed by atoms with Crippen LogP contribution < -0.4 is 4.90 Å². The first kappa shape index (κ1) is 12.7. The number of aliphatic imine (C=N–C) groups is 1. The van der Waals surface area contributed by atoms with Crippen molar-refractivity contribution in [2.75, 3.05) is 4.90 Å². The number of hydrogen-bond donors (Lipinski definition) is 0. The Hall–Kier alpha value is -2.87. The Balaban J connectivity index is 1.66. The molecule has 1 fully saturated rings. The summed E-state index contributed by atoms with van der Waals surface area (Å²) < 4.78 is 0. The zero-order chi connectivity index (χ0) is 15.2. The summed E-state index contributed by atoms with van der Waals surface area (Å²) in [5.41, 5.74) is 6.07. The van der Waals surface area contributed by atoms with E-state index in [-0.39, 0.29) is 0 Å². The monoisotopic (exact) mass is 296 g/mol. The minimum Gasteiger partial charge on any atom is -0.349 e. The summed E-state index contributed by atoms with van der Waals surface area (Å²) >= 11 is 0. The standard InChI is InChI=1S/C21H16N2/c1-3-9-15(10-4-1)19-21-20(16-11-5-2-6-12-16)23(21)18-14-8-7-13-17(18)22-19/h1-14,20-21H/t20-,21+,23?/m0/s1. The lowest BCUT2D eigenvalue weighted by Gasteiger charge is -2.16. The van der Waals surface area contributed by atoms with Gasteiger partial charge in [0.25, 0.3) is 0 Å². The van der Waals surface area contributed by atoms with Crippen LogP contribution in [0, 0.1) is 0 Å². The van der Waals surface area contributed by atoms with Gasteiger partial charge in [-0.3, -0.25) is 0 Å². The molecule has 0 unspecified atom stereocenters. The summed E-state index contributed by atoms with van der Waals surface area (Å²) in [6.07, 6.45) is 0. The van der Waals surface area contributed by atoms with Gasteiger partial charge in [0.2, 0.25) is 0 Å². The molecule has 23 heavy (non-hydrogen) atoms. The third kappa shape index (κ3) is 1.92. The zero-order valence-corrected chi connectivity index (χ0v) is 12.6. The first-order valence-electron chi connectivity index (χ1n) is 8.00. The number of hydrogen-bond acceptors (Lipinski definition) is 2. The maximum atomic E-state index is 4.99. The SMILES string of the molecule is c1ccc(C2=Nc3ccccc3N3[C@H]2[C@@H]3c2ccccc2)cc1. The van der Waals surface area contributed by atoms with Crippen molar-refractivity contribution >= 4 is 17.1 Å². The average Bonchev–Trinajstić information content (AvgIpc) is 3.38. The van der Waals surface area contributed by atoms with E-state index in [2.05, 4.69) is 89.8 Å². The van der Waals surface area contributed by atoms with Crippen molar-refractivity contribution in [3.8, 4) is 0 Å². The molecule has 2 heteroatoms. The molecule has 2 heterocycles. The minimum absolute atomic E-state index is 0.342. The lowest BCUT2D eigenvalue weighted by Crippen LogP contribution is -2.17. The first-order chi connectivity index (χ1) is 11.4. The van der Waals surface area contributed by atoms with Gasteiger partial charge in [0, 0.05) is 0 Å². The van der Waals surface area contributed by atoms with Gasteiger partial charge in [0.05, 0.1) is 29.2 Å². The fourth-order valence-electron chi connectivity index (χ4n) is 3.62. The quantitative estimate of drug-likeness (QED) is 0.623. The van der Waals surface area contributed by atoms with Gasteiger partial charge in [-0.15, -0.1) is 0 Å². The Kier molecular flexibility index (Phi) is 2.65. The van der Waals surface area contributed by atoms with Crippen LogP contribution in [-0.4, -0.2) is 11.8 Å². The molecule has 2 aliphatic rings. The molecule has 0 bridgehead atoms. The molecule has 0 aromatic heterocycles. The van der Waals surface area contributed by atoms with Crippen LogP contribution in [0.3, 0.4) is 0 Å². The number of nitrogens with zero attached hydrogens (tertiary/aromatic N) is 2. The molecule has 0 N–H and O–H groups in total. The van der Waals surface area contributed by atoms with E-state index in [1.54, 1.807) is 0 Å². The van der Waals surface area contributed by atoms with Crippen LogP contribution in [0.2, 0.25) is 0 Å². The maximum Gasteiger partial charge on any atom is 0.0973 e. The Labute approximate surface area is 135 Å². The molecule has 0 radical (unpaired) electrons. The fourth-order valence-corrected chi connectivity index (χ4v) is 3.62. The Morgan fingerprint density at radius 1 is 0.652 bits per heavy atom. The highest BCUT2D eigenvalue weighted by Crippen LogP contribution is 2.54. The first-order valence-corrected chi connectivity index (χ1v) is 8.00. The van der Waals surface area contributed by atoms with E-state index < -0.39 is 0 Å². The molecule has 1 saturated heterocycles. The van der Waals surface area contributed by atoms with E-state index in [1.165, 1.54) is 22.5 Å². The highest BCUT2D eigenvalue weighted by atomic mass is 15.4. The molecule has 3 aromatic carbocycles. The van der Waals surface area contributed by atoms with Crippen molar-refractivity contribution in [3.05, 3.63) is 96.1 Å². The molecule has 2 aliphatic heterocycles. The van der Waals surface area contributed by atoms with Crippen molar-refractivity contribution < 1.29 is 0 Å². The van der Waals surface area contributed by atoms with Crippen LogP contribution in [0.25, 0.3) is 0 Å². The molecular weight excluding hydrogens is 280 g/mol. The number of rotatable bonds is 2. The summed E-state index contributed by atoms with van der Waals surface area (Å²) in [6.45, 7) is 0. The van der Waals surface area contributed by atoms with Crippen LogP contribution in [0.15, 0.2) is 89.9 Å². The maximum absolute atomic E-state index is 4.99. The van der Waals surface area contributed by atoms with Crippen molar-refractivity contribution in [2.45, 2.75) is 12.1 Å². The Morgan fingerprint density at radius 3 is 2.09 bits per heavy atom. The van der Waals surface area contributed by atoms with Crippen molar-refractivity contribution in [1.29, 1.82) is 0 Å². The lowest BCUT2D eigenvalue weighted by molar-refractivity contribution is 1.11. The van der Waals surface area contributed by atoms with E-state index >= 15 is 0 Å². The Bertz CT molecular complexity index is 880. The number of fused-ring (bicyclic) bond motifs is 3. The predicted octanol–water partition coefficient (Wildman–Crippen LogP) is 4.75. The summed E-state index contributed by atoms with van der Waals surface area (Å²) in [5, 5.41) is 0. The average molecular weight is 296 g/mol. The highest BCUT2D eigenvalue weighted by Gasteiger charge is 2.54. The van der Waals surface area contributed by atoms with Crippen LogP contribution in [0.1, 0.15) is 17.2 Å². The second kappa shape index (κ2) is 4.82. The number of para-hydroxylation sites is 2. The van der Waals surface area contributed by atoms with Gasteiger partial charge < -0.3 is 4.90 Å². The zero-order valence-electron chi connectivity index (χ0n) is 12.6. The molecule has 3 aromatic rings. The van der Waals surface area contributed by atoms with E-state index in [9.17, 15) is 0 Å². The third-order valence-corrected chi connectivity index (χ3v) is 4.70. The van der Waals surface area contributed by atoms with Gasteiger partial charge in [-0.2, -0.15) is 0 Å². The third-order valence-electron chi connectivity index (χ3n) is 4.70. The highest BCUT2D eigenvalue weighted by molar-refractivity contribution is 6.14. The van der Waals surface area contributed by atoms with E-state index in [4.69, 9.17) is 4.99 Å². The second-order valence-electron chi connectivity index (χ2n) is 6.06. The normalized spacial score (nSPS) is 21.2. The summed E-state index contributed by atoms with van der Waals surface area (Å²) in [7, 11) is 0. The van der Waals surface area contributed by atoms with E-state index in [0.717, 1.165) is 5.69 Å². The molecule has 5 rings (SSSR count). The van der Waals surface area contributed by atoms with Gasteiger partial charge in [-0.1, -0.05) is 72.8 Å². The van der Waals surface area contributed by atoms with Crippen LogP contribution in [-0.2, 0) is 0 Å². The smallest absolute Gasteiger partial charge is 0.0973 e. The van der Waals surface area contributed by atoms with E-state index in [1.807, 2.05) is 0 Å². The Morgan fingerprint density at radius 2 is 1.30 bits per heavy atom. The van der Waals surface area contributed by atoms with Gasteiger partial charge >= 0.3 is 0 Å². The molecule has 110 valence electrons. The molecule has 0 saturated carbocycles. The van der Waals surface area contributed by atoms with Gasteiger partial charge in [-0.25, -0.2) is 4.99 Å². The molecular formula is C21H16N2. The van der Waals surface area contributed by atoms with Gasteiger partial charge in [0.15, 0.2) is 0 Å². The van der Waals surface area contributed by atoms with Gasteiger partial charge in [0.1, 0.15) is 0 Å². The van der Waals surface area contributed by atoms with Crippen LogP contribution in [0.5, 0.6) is 0 Å². The lowest BCUT2D eigenvalue weighted by atomic mass is 10.0. The van der Waals surface area contributed by atoms with Gasteiger partial charge in [-0.05, 0) is 23.3 Å². The van der Waals surface area contributed by atoms with Crippen LogP contribution in [0.4, 0.5) is 11.4 Å². The van der Waals surface area contributed by atoms with Crippen molar-refractivity contribution in [2.24, 2.45) is 4.99 Å². The minimum atomic E-state index is 0.342. The summed E-state index contributed by atoms with van der Waals surface area (Å²) in [6, 6.07) is 30.5. The largest absolute Gasteiger partial charge is 0.349 e. The molecule has 2 atom stereocenters.